The molecule has 39 heavy (non-hydrogen) atoms. The number of imidazole rings is 1. The van der Waals surface area contributed by atoms with Crippen molar-refractivity contribution >= 4 is 33.5 Å². The molecule has 8 nitrogen and oxygen atoms in total. The molecular weight excluding hydrogens is 493 g/mol. The van der Waals surface area contributed by atoms with E-state index in [9.17, 15) is 9.18 Å². The van der Waals surface area contributed by atoms with Crippen LogP contribution in [0, 0.1) is 18.7 Å². The Labute approximate surface area is 222 Å². The maximum Gasteiger partial charge on any atom is 0.227 e. The largest absolute Gasteiger partial charge is 0.336 e. The van der Waals surface area contributed by atoms with Gasteiger partial charge in [-0.2, -0.15) is 5.10 Å². The van der Waals surface area contributed by atoms with E-state index in [1.807, 2.05) is 43.3 Å². The number of hydrogen-bond donors (Lipinski definition) is 3. The second-order valence-corrected chi connectivity index (χ2v) is 10.1. The van der Waals surface area contributed by atoms with Gasteiger partial charge in [0.15, 0.2) is 5.82 Å². The predicted molar refractivity (Wildman–Crippen MR) is 148 cm³/mol. The second-order valence-electron chi connectivity index (χ2n) is 10.1. The minimum Gasteiger partial charge on any atom is -0.336 e. The predicted octanol–water partition coefficient (Wildman–Crippen LogP) is 6.42. The number of hydrogen-bond acceptors (Lipinski definition) is 5. The highest BCUT2D eigenvalue weighted by Gasteiger charge is 2.25. The van der Waals surface area contributed by atoms with Crippen LogP contribution in [-0.4, -0.2) is 36.0 Å². The number of anilines is 1. The molecule has 7 rings (SSSR count). The van der Waals surface area contributed by atoms with Gasteiger partial charge in [0.05, 0.1) is 28.6 Å². The molecule has 1 saturated carbocycles. The van der Waals surface area contributed by atoms with Crippen LogP contribution in [0.4, 0.5) is 10.1 Å². The third kappa shape index (κ3) is 4.21. The van der Waals surface area contributed by atoms with Gasteiger partial charge in [0.1, 0.15) is 17.0 Å². The quantitative estimate of drug-likeness (QED) is 0.244. The molecule has 3 N–H and O–H groups in total. The van der Waals surface area contributed by atoms with Gasteiger partial charge in [0, 0.05) is 34.8 Å². The number of halogens is 1. The molecule has 0 radical (unpaired) electrons. The maximum atomic E-state index is 14.1. The van der Waals surface area contributed by atoms with Crippen molar-refractivity contribution in [3.63, 3.8) is 0 Å². The first-order valence-corrected chi connectivity index (χ1v) is 12.9. The molecular formula is C30H24FN7O. The number of amides is 1. The van der Waals surface area contributed by atoms with E-state index in [1.54, 1.807) is 18.6 Å². The van der Waals surface area contributed by atoms with Crippen molar-refractivity contribution in [2.45, 2.75) is 26.2 Å². The van der Waals surface area contributed by atoms with E-state index < -0.39 is 0 Å². The number of carbonyl (C=O) groups excluding carboxylic acids is 1. The molecule has 9 heteroatoms. The number of H-pyrrole nitrogens is 2. The zero-order valence-corrected chi connectivity index (χ0v) is 21.1. The minimum absolute atomic E-state index is 0.0555. The molecule has 1 amide bonds. The Bertz CT molecular complexity index is 1870. The lowest BCUT2D eigenvalue weighted by atomic mass is 9.85. The number of nitrogens with zero attached hydrogens (tertiary/aromatic N) is 4. The van der Waals surface area contributed by atoms with E-state index in [-0.39, 0.29) is 17.6 Å². The lowest BCUT2D eigenvalue weighted by Gasteiger charge is -2.24. The molecule has 0 atom stereocenters. The molecule has 6 aromatic rings. The Morgan fingerprint density at radius 1 is 0.974 bits per heavy atom. The van der Waals surface area contributed by atoms with Gasteiger partial charge in [-0.25, -0.2) is 9.37 Å². The molecule has 0 aliphatic heterocycles. The van der Waals surface area contributed by atoms with Gasteiger partial charge in [-0.1, -0.05) is 12.5 Å². The Morgan fingerprint density at radius 2 is 1.87 bits per heavy atom. The summed E-state index contributed by atoms with van der Waals surface area (Å²) in [4.78, 5) is 29.5. The second kappa shape index (κ2) is 9.13. The van der Waals surface area contributed by atoms with E-state index in [4.69, 9.17) is 4.98 Å². The number of nitrogens with one attached hydrogen (secondary N) is 3. The van der Waals surface area contributed by atoms with Crippen molar-refractivity contribution in [2.24, 2.45) is 5.92 Å². The highest BCUT2D eigenvalue weighted by molar-refractivity contribution is 5.98. The van der Waals surface area contributed by atoms with Crippen molar-refractivity contribution in [1.82, 2.24) is 30.1 Å². The molecule has 1 aliphatic rings. The summed E-state index contributed by atoms with van der Waals surface area (Å²) in [5.41, 5.74) is 7.52. The fraction of sp³-hybridized carbons (Fsp3) is 0.167. The molecule has 4 aromatic heterocycles. The topological polar surface area (TPSA) is 112 Å². The number of fused-ring (bicyclic) bond motifs is 2. The fourth-order valence-corrected chi connectivity index (χ4v) is 5.09. The zero-order chi connectivity index (χ0) is 26.5. The Balaban J connectivity index is 1.27. The van der Waals surface area contributed by atoms with Gasteiger partial charge in [0.25, 0.3) is 0 Å². The van der Waals surface area contributed by atoms with Crippen molar-refractivity contribution < 1.29 is 9.18 Å². The first-order valence-electron chi connectivity index (χ1n) is 12.9. The van der Waals surface area contributed by atoms with Crippen LogP contribution < -0.4 is 5.32 Å². The summed E-state index contributed by atoms with van der Waals surface area (Å²) < 4.78 is 14.1. The van der Waals surface area contributed by atoms with Crippen LogP contribution in [0.2, 0.25) is 0 Å². The Kier molecular flexibility index (Phi) is 5.43. The fourth-order valence-electron chi connectivity index (χ4n) is 5.09. The number of benzene rings is 2. The smallest absolute Gasteiger partial charge is 0.227 e. The highest BCUT2D eigenvalue weighted by Crippen LogP contribution is 2.33. The van der Waals surface area contributed by atoms with Gasteiger partial charge < -0.3 is 10.3 Å². The first-order chi connectivity index (χ1) is 19.0. The van der Waals surface area contributed by atoms with Crippen LogP contribution in [0.5, 0.6) is 0 Å². The van der Waals surface area contributed by atoms with Crippen LogP contribution in [0.15, 0.2) is 67.1 Å². The third-order valence-electron chi connectivity index (χ3n) is 7.32. The van der Waals surface area contributed by atoms with Crippen molar-refractivity contribution in [2.75, 3.05) is 5.32 Å². The van der Waals surface area contributed by atoms with E-state index in [0.29, 0.717) is 34.0 Å². The molecule has 4 heterocycles. The molecule has 1 fully saturated rings. The normalized spacial score (nSPS) is 13.6. The van der Waals surface area contributed by atoms with E-state index in [2.05, 4.69) is 30.5 Å². The minimum atomic E-state index is -0.313. The van der Waals surface area contributed by atoms with E-state index in [0.717, 1.165) is 52.4 Å². The number of pyridine rings is 2. The van der Waals surface area contributed by atoms with Gasteiger partial charge >= 0.3 is 0 Å². The Morgan fingerprint density at radius 3 is 2.69 bits per heavy atom. The molecule has 2 aromatic carbocycles. The summed E-state index contributed by atoms with van der Waals surface area (Å²) in [5, 5.41) is 11.5. The van der Waals surface area contributed by atoms with Crippen LogP contribution in [-0.2, 0) is 4.79 Å². The summed E-state index contributed by atoms with van der Waals surface area (Å²) in [6, 6.07) is 14.6. The first kappa shape index (κ1) is 23.2. The Hall–Kier alpha value is -4.92. The summed E-state index contributed by atoms with van der Waals surface area (Å²) in [6.07, 6.45) is 8.13. The number of aromatic amines is 2. The van der Waals surface area contributed by atoms with Crippen molar-refractivity contribution in [3.05, 3.63) is 78.5 Å². The molecule has 0 bridgehead atoms. The van der Waals surface area contributed by atoms with Gasteiger partial charge in [0.2, 0.25) is 5.91 Å². The SMILES string of the molecule is Cc1cc(F)cc(-c2nccc3[nH]c(-c4n[nH]c5ccc(-c6cncc(NC(=O)C7CCC7)c6)cc45)nc23)c1. The summed E-state index contributed by atoms with van der Waals surface area (Å²) >= 11 is 0. The number of carbonyl (C=O) groups is 1. The van der Waals surface area contributed by atoms with Crippen LogP contribution in [0.25, 0.3) is 55.8 Å². The van der Waals surface area contributed by atoms with E-state index >= 15 is 0 Å². The molecule has 1 aliphatic carbocycles. The lowest BCUT2D eigenvalue weighted by Crippen LogP contribution is -2.28. The zero-order valence-electron chi connectivity index (χ0n) is 21.1. The van der Waals surface area contributed by atoms with Crippen LogP contribution in [0.3, 0.4) is 0 Å². The number of aromatic nitrogens is 6. The third-order valence-corrected chi connectivity index (χ3v) is 7.32. The van der Waals surface area contributed by atoms with Gasteiger partial charge in [-0.15, -0.1) is 0 Å². The monoisotopic (exact) mass is 517 g/mol. The van der Waals surface area contributed by atoms with Gasteiger partial charge in [-0.05, 0) is 73.4 Å². The molecule has 0 spiro atoms. The summed E-state index contributed by atoms with van der Waals surface area (Å²) in [6.45, 7) is 1.85. The van der Waals surface area contributed by atoms with Crippen molar-refractivity contribution in [1.29, 1.82) is 0 Å². The molecule has 0 saturated heterocycles. The summed E-state index contributed by atoms with van der Waals surface area (Å²) in [7, 11) is 0. The van der Waals surface area contributed by atoms with E-state index in [1.165, 1.54) is 12.1 Å². The molecule has 192 valence electrons. The number of rotatable bonds is 5. The average molecular weight is 518 g/mol. The van der Waals surface area contributed by atoms with Crippen LogP contribution >= 0.6 is 0 Å². The summed E-state index contributed by atoms with van der Waals surface area (Å²) in [5.74, 6) is 0.421. The average Bonchev–Trinajstić information content (AvgIpc) is 3.50. The van der Waals surface area contributed by atoms with Crippen LogP contribution in [0.1, 0.15) is 24.8 Å². The maximum absolute atomic E-state index is 14.1. The highest BCUT2D eigenvalue weighted by atomic mass is 19.1. The number of aryl methyl sites for hydroxylation is 1. The standard InChI is InChI=1S/C30H24FN7O/c1-16-9-19(11-21(31)10-16)26-28-25(7-8-33-26)35-29(36-28)27-23-13-18(5-6-24(23)37-38-27)20-12-22(15-32-14-20)34-30(39)17-3-2-4-17/h5-15,17H,2-4H2,1H3,(H,34,39)(H,35,36)(H,37,38). The lowest BCUT2D eigenvalue weighted by molar-refractivity contribution is -0.122. The van der Waals surface area contributed by atoms with Crippen molar-refractivity contribution in [3.8, 4) is 33.9 Å². The van der Waals surface area contributed by atoms with Gasteiger partial charge in [-0.3, -0.25) is 19.9 Å². The molecule has 0 unspecified atom stereocenters.